The van der Waals surface area contributed by atoms with Gasteiger partial charge in [-0.15, -0.1) is 24.8 Å². The van der Waals surface area contributed by atoms with E-state index in [-0.39, 0.29) is 36.1 Å². The Morgan fingerprint density at radius 2 is 1.77 bits per heavy atom. The lowest BCUT2D eigenvalue weighted by Crippen LogP contribution is -2.02. The average molecular weight is 225 g/mol. The van der Waals surface area contributed by atoms with Crippen LogP contribution in [-0.2, 0) is 0 Å². The van der Waals surface area contributed by atoms with Gasteiger partial charge in [-0.25, -0.2) is 4.79 Å². The molecule has 1 rings (SSSR count). The summed E-state index contributed by atoms with van der Waals surface area (Å²) >= 11 is 0. The van der Waals surface area contributed by atoms with Gasteiger partial charge in [-0.1, -0.05) is 0 Å². The summed E-state index contributed by atoms with van der Waals surface area (Å²) in [5.41, 5.74) is 11.5. The fourth-order valence-electron chi connectivity index (χ4n) is 0.776. The molecule has 0 fully saturated rings. The fraction of sp³-hybridized carbons (Fsp3) is 0. The third-order valence-corrected chi connectivity index (χ3v) is 1.31. The quantitative estimate of drug-likeness (QED) is 0.630. The van der Waals surface area contributed by atoms with Gasteiger partial charge in [-0.05, 0) is 18.2 Å². The summed E-state index contributed by atoms with van der Waals surface area (Å²) in [6.45, 7) is 0. The van der Waals surface area contributed by atoms with Crippen molar-refractivity contribution in [3.63, 3.8) is 0 Å². The van der Waals surface area contributed by atoms with Crippen LogP contribution < -0.4 is 11.5 Å². The first kappa shape index (κ1) is 14.4. The molecule has 0 aliphatic carbocycles. The van der Waals surface area contributed by atoms with Gasteiger partial charge in [0.25, 0.3) is 0 Å². The van der Waals surface area contributed by atoms with Gasteiger partial charge < -0.3 is 16.6 Å². The van der Waals surface area contributed by atoms with Gasteiger partial charge >= 0.3 is 5.97 Å². The molecule has 13 heavy (non-hydrogen) atoms. The van der Waals surface area contributed by atoms with Crippen LogP contribution in [0.4, 0.5) is 11.4 Å². The third-order valence-electron chi connectivity index (χ3n) is 1.31. The molecule has 0 amide bonds. The molecule has 0 heterocycles. The minimum absolute atomic E-state index is 0. The van der Waals surface area contributed by atoms with Crippen LogP contribution in [0.25, 0.3) is 0 Å². The van der Waals surface area contributed by atoms with Crippen molar-refractivity contribution in [1.29, 1.82) is 0 Å². The van der Waals surface area contributed by atoms with Crippen molar-refractivity contribution in [3.8, 4) is 0 Å². The number of nitrogen functional groups attached to an aromatic ring is 2. The highest BCUT2D eigenvalue weighted by Gasteiger charge is 2.05. The van der Waals surface area contributed by atoms with Crippen molar-refractivity contribution in [2.45, 2.75) is 0 Å². The minimum atomic E-state index is -1.04. The first-order valence-electron chi connectivity index (χ1n) is 2.99. The molecule has 0 saturated heterocycles. The predicted molar refractivity (Wildman–Crippen MR) is 56.7 cm³/mol. The molecule has 0 unspecified atom stereocenters. The maximum atomic E-state index is 10.4. The number of carbonyl (C=O) groups is 1. The lowest BCUT2D eigenvalue weighted by molar-refractivity contribution is 0.0698. The van der Waals surface area contributed by atoms with Crippen LogP contribution in [0, 0.1) is 0 Å². The highest BCUT2D eigenvalue weighted by Crippen LogP contribution is 2.14. The molecule has 0 bridgehead atoms. The van der Waals surface area contributed by atoms with Crippen LogP contribution in [0.3, 0.4) is 0 Å². The Hall–Kier alpha value is -1.13. The van der Waals surface area contributed by atoms with Gasteiger partial charge in [-0.2, -0.15) is 0 Å². The Balaban J connectivity index is 0. The molecule has 6 heteroatoms. The number of nitrogens with two attached hydrogens (primary N) is 2. The second-order valence-corrected chi connectivity index (χ2v) is 2.15. The fourth-order valence-corrected chi connectivity index (χ4v) is 0.776. The number of hydrogen-bond acceptors (Lipinski definition) is 3. The van der Waals surface area contributed by atoms with Gasteiger partial charge in [0.05, 0.1) is 5.56 Å². The molecule has 0 atom stereocenters. The van der Waals surface area contributed by atoms with Gasteiger partial charge in [0.1, 0.15) is 0 Å². The Labute approximate surface area is 87.7 Å². The van der Waals surface area contributed by atoms with Gasteiger partial charge in [-0.3, -0.25) is 0 Å². The first-order valence-corrected chi connectivity index (χ1v) is 2.99. The van der Waals surface area contributed by atoms with Gasteiger partial charge in [0.2, 0.25) is 0 Å². The molecule has 1 aromatic rings. The summed E-state index contributed by atoms with van der Waals surface area (Å²) in [6, 6.07) is 4.30. The summed E-state index contributed by atoms with van der Waals surface area (Å²) in [5, 5.41) is 8.54. The maximum absolute atomic E-state index is 10.4. The number of carboxylic acid groups (broad SMARTS) is 1. The molecular weight excluding hydrogens is 215 g/mol. The largest absolute Gasteiger partial charge is 0.478 e. The number of hydrogen-bond donors (Lipinski definition) is 3. The standard InChI is InChI=1S/C7H8N2O2.2ClH/c8-4-1-2-5(7(10)11)6(9)3-4;;/h1-3H,8-9H2,(H,10,11);2*1H. The zero-order valence-corrected chi connectivity index (χ0v) is 8.19. The maximum Gasteiger partial charge on any atom is 0.337 e. The van der Waals surface area contributed by atoms with E-state index in [1.54, 1.807) is 0 Å². The second kappa shape index (κ2) is 5.50. The lowest BCUT2D eigenvalue weighted by Gasteiger charge is -1.99. The molecular formula is C7H10Cl2N2O2. The summed E-state index contributed by atoms with van der Waals surface area (Å²) in [6.07, 6.45) is 0. The summed E-state index contributed by atoms with van der Waals surface area (Å²) in [7, 11) is 0. The van der Waals surface area contributed by atoms with Crippen molar-refractivity contribution in [2.24, 2.45) is 0 Å². The van der Waals surface area contributed by atoms with Crippen LogP contribution in [0.15, 0.2) is 18.2 Å². The number of rotatable bonds is 1. The van der Waals surface area contributed by atoms with E-state index in [1.165, 1.54) is 18.2 Å². The molecule has 0 radical (unpaired) electrons. The molecule has 5 N–H and O–H groups in total. The summed E-state index contributed by atoms with van der Waals surface area (Å²) < 4.78 is 0. The van der Waals surface area contributed by atoms with E-state index in [0.717, 1.165) is 0 Å². The third kappa shape index (κ3) is 3.40. The molecule has 0 aliphatic heterocycles. The van der Waals surface area contributed by atoms with Crippen LogP contribution in [-0.4, -0.2) is 11.1 Å². The zero-order chi connectivity index (χ0) is 8.43. The molecule has 1 aromatic carbocycles. The second-order valence-electron chi connectivity index (χ2n) is 2.15. The Kier molecular flexibility index (Phi) is 6.10. The van der Waals surface area contributed by atoms with Gasteiger partial charge in [0.15, 0.2) is 0 Å². The van der Waals surface area contributed by atoms with Crippen molar-refractivity contribution >= 4 is 42.2 Å². The number of carboxylic acids is 1. The summed E-state index contributed by atoms with van der Waals surface area (Å²) in [5.74, 6) is -1.04. The SMILES string of the molecule is Cl.Cl.Nc1ccc(C(=O)O)c(N)c1. The van der Waals surface area contributed by atoms with Gasteiger partial charge in [0, 0.05) is 11.4 Å². The Morgan fingerprint density at radius 3 is 2.15 bits per heavy atom. The smallest absolute Gasteiger partial charge is 0.337 e. The van der Waals surface area contributed by atoms with Crippen LogP contribution in [0.2, 0.25) is 0 Å². The number of halogens is 2. The highest BCUT2D eigenvalue weighted by atomic mass is 35.5. The van der Waals surface area contributed by atoms with E-state index >= 15 is 0 Å². The molecule has 0 saturated carbocycles. The lowest BCUT2D eigenvalue weighted by atomic mass is 10.1. The van der Waals surface area contributed by atoms with E-state index < -0.39 is 5.97 Å². The Morgan fingerprint density at radius 1 is 1.23 bits per heavy atom. The zero-order valence-electron chi connectivity index (χ0n) is 6.56. The Bertz CT molecular complexity index is 305. The van der Waals surface area contributed by atoms with E-state index in [9.17, 15) is 4.79 Å². The monoisotopic (exact) mass is 224 g/mol. The predicted octanol–water partition coefficient (Wildman–Crippen LogP) is 1.39. The van der Waals surface area contributed by atoms with Crippen LogP contribution >= 0.6 is 24.8 Å². The molecule has 0 spiro atoms. The first-order chi connectivity index (χ1) is 5.11. The minimum Gasteiger partial charge on any atom is -0.478 e. The molecule has 0 aliphatic rings. The number of aromatic carboxylic acids is 1. The highest BCUT2D eigenvalue weighted by molar-refractivity contribution is 5.94. The number of benzene rings is 1. The normalized spacial score (nSPS) is 8.00. The average Bonchev–Trinajstić information content (AvgIpc) is 1.85. The van der Waals surface area contributed by atoms with E-state index in [1.807, 2.05) is 0 Å². The molecule has 0 aromatic heterocycles. The number of anilines is 2. The van der Waals surface area contributed by atoms with Crippen LogP contribution in [0.5, 0.6) is 0 Å². The van der Waals surface area contributed by atoms with E-state index in [2.05, 4.69) is 0 Å². The van der Waals surface area contributed by atoms with Crippen LogP contribution in [0.1, 0.15) is 10.4 Å². The van der Waals surface area contributed by atoms with Crippen molar-refractivity contribution in [1.82, 2.24) is 0 Å². The van der Waals surface area contributed by atoms with E-state index in [4.69, 9.17) is 16.6 Å². The van der Waals surface area contributed by atoms with Crippen molar-refractivity contribution in [3.05, 3.63) is 23.8 Å². The van der Waals surface area contributed by atoms with Crippen molar-refractivity contribution < 1.29 is 9.90 Å². The van der Waals surface area contributed by atoms with E-state index in [0.29, 0.717) is 5.69 Å². The molecule has 74 valence electrons. The molecule has 4 nitrogen and oxygen atoms in total. The van der Waals surface area contributed by atoms with Crippen molar-refractivity contribution in [2.75, 3.05) is 11.5 Å². The topological polar surface area (TPSA) is 89.3 Å². The summed E-state index contributed by atoms with van der Waals surface area (Å²) in [4.78, 5) is 10.4.